The Morgan fingerprint density at radius 1 is 1.28 bits per heavy atom. The van der Waals surface area contributed by atoms with E-state index in [-0.39, 0.29) is 11.1 Å². The number of H-pyrrole nitrogens is 1. The number of halogens is 1. The molecular weight excluding hydrogens is 318 g/mol. The first kappa shape index (κ1) is 13.3. The second-order valence-corrected chi connectivity index (χ2v) is 6.41. The lowest BCUT2D eigenvalue weighted by molar-refractivity contribution is 0.562. The molecule has 18 heavy (non-hydrogen) atoms. The maximum absolute atomic E-state index is 12.0. The van der Waals surface area contributed by atoms with Gasteiger partial charge in [0.05, 0.1) is 6.20 Å². The number of rotatable bonds is 4. The van der Waals surface area contributed by atoms with Gasteiger partial charge < -0.3 is 0 Å². The van der Waals surface area contributed by atoms with Gasteiger partial charge in [-0.05, 0) is 30.7 Å². The predicted molar refractivity (Wildman–Crippen MR) is 71.5 cm³/mol. The highest BCUT2D eigenvalue weighted by molar-refractivity contribution is 9.10. The lowest BCUT2D eigenvalue weighted by Crippen LogP contribution is -2.27. The minimum atomic E-state index is -3.55. The summed E-state index contributed by atoms with van der Waals surface area (Å²) in [7, 11) is -3.55. The average molecular weight is 330 g/mol. The Morgan fingerprint density at radius 2 is 1.94 bits per heavy atom. The van der Waals surface area contributed by atoms with Gasteiger partial charge in [0.15, 0.2) is 5.03 Å². The number of aromatic amines is 1. The molecule has 0 aliphatic rings. The summed E-state index contributed by atoms with van der Waals surface area (Å²) in [6.45, 7) is 1.79. The molecule has 7 heteroatoms. The predicted octanol–water partition coefficient (Wildman–Crippen LogP) is 2.21. The fourth-order valence-corrected chi connectivity index (χ4v) is 2.91. The van der Waals surface area contributed by atoms with Crippen molar-refractivity contribution in [3.8, 4) is 0 Å². The third kappa shape index (κ3) is 2.98. The Morgan fingerprint density at radius 3 is 2.50 bits per heavy atom. The van der Waals surface area contributed by atoms with E-state index in [2.05, 4.69) is 30.8 Å². The quantitative estimate of drug-likeness (QED) is 0.903. The van der Waals surface area contributed by atoms with Crippen molar-refractivity contribution < 1.29 is 8.42 Å². The molecule has 1 aromatic carbocycles. The number of hydrogen-bond acceptors (Lipinski definition) is 3. The first-order valence-corrected chi connectivity index (χ1v) is 7.54. The van der Waals surface area contributed by atoms with E-state index in [0.717, 1.165) is 10.0 Å². The highest BCUT2D eigenvalue weighted by Crippen LogP contribution is 2.18. The van der Waals surface area contributed by atoms with Crippen LogP contribution in [0.4, 0.5) is 0 Å². The Balaban J connectivity index is 2.17. The molecule has 96 valence electrons. The molecule has 2 aromatic rings. The summed E-state index contributed by atoms with van der Waals surface area (Å²) in [4.78, 5) is 0. The van der Waals surface area contributed by atoms with E-state index >= 15 is 0 Å². The summed E-state index contributed by atoms with van der Waals surface area (Å²) in [5.41, 5.74) is 0.890. The minimum absolute atomic E-state index is 0.0615. The summed E-state index contributed by atoms with van der Waals surface area (Å²) >= 11 is 3.34. The van der Waals surface area contributed by atoms with Crippen molar-refractivity contribution in [1.29, 1.82) is 0 Å². The van der Waals surface area contributed by atoms with E-state index in [1.165, 1.54) is 12.3 Å². The number of aromatic nitrogens is 2. The molecule has 0 saturated carbocycles. The van der Waals surface area contributed by atoms with Crippen LogP contribution >= 0.6 is 15.9 Å². The molecule has 5 nitrogen and oxygen atoms in total. The third-order valence-electron chi connectivity index (χ3n) is 2.47. The summed E-state index contributed by atoms with van der Waals surface area (Å²) < 4.78 is 27.4. The van der Waals surface area contributed by atoms with Crippen molar-refractivity contribution in [2.24, 2.45) is 0 Å². The van der Waals surface area contributed by atoms with Gasteiger partial charge in [-0.1, -0.05) is 28.1 Å². The van der Waals surface area contributed by atoms with Gasteiger partial charge in [0.25, 0.3) is 10.0 Å². The topological polar surface area (TPSA) is 74.8 Å². The van der Waals surface area contributed by atoms with Gasteiger partial charge >= 0.3 is 0 Å². The zero-order valence-corrected chi connectivity index (χ0v) is 12.0. The highest BCUT2D eigenvalue weighted by Gasteiger charge is 2.19. The summed E-state index contributed by atoms with van der Waals surface area (Å²) in [6, 6.07) is 8.57. The molecule has 2 rings (SSSR count). The van der Waals surface area contributed by atoms with Crippen molar-refractivity contribution >= 4 is 26.0 Å². The van der Waals surface area contributed by atoms with E-state index in [4.69, 9.17) is 0 Å². The van der Waals surface area contributed by atoms with E-state index < -0.39 is 10.0 Å². The molecule has 0 spiro atoms. The lowest BCUT2D eigenvalue weighted by atomic mass is 10.1. The first-order chi connectivity index (χ1) is 8.49. The van der Waals surface area contributed by atoms with Crippen molar-refractivity contribution in [1.82, 2.24) is 14.9 Å². The van der Waals surface area contributed by atoms with Crippen LogP contribution in [0.2, 0.25) is 0 Å². The Hall–Kier alpha value is -1.18. The number of sulfonamides is 1. The van der Waals surface area contributed by atoms with Crippen LogP contribution in [0.25, 0.3) is 0 Å². The van der Waals surface area contributed by atoms with Crippen LogP contribution < -0.4 is 4.72 Å². The van der Waals surface area contributed by atoms with Gasteiger partial charge in [0, 0.05) is 10.5 Å². The van der Waals surface area contributed by atoms with Crippen molar-refractivity contribution in [3.63, 3.8) is 0 Å². The van der Waals surface area contributed by atoms with Crippen molar-refractivity contribution in [2.75, 3.05) is 0 Å². The van der Waals surface area contributed by atoms with Crippen LogP contribution in [-0.2, 0) is 10.0 Å². The second-order valence-electron chi connectivity index (χ2n) is 3.82. The SMILES string of the molecule is C[C@@H](NS(=O)(=O)c1ccn[nH]1)c1ccc(Br)cc1. The molecule has 0 aliphatic carbocycles. The summed E-state index contributed by atoms with van der Waals surface area (Å²) in [5.74, 6) is 0. The number of hydrogen-bond donors (Lipinski definition) is 2. The number of benzene rings is 1. The van der Waals surface area contributed by atoms with Gasteiger partial charge in [-0.15, -0.1) is 0 Å². The minimum Gasteiger partial charge on any atom is -0.266 e. The number of nitrogens with one attached hydrogen (secondary N) is 2. The Labute approximate surface area is 114 Å². The fourth-order valence-electron chi connectivity index (χ4n) is 1.51. The Kier molecular flexibility index (Phi) is 3.84. The van der Waals surface area contributed by atoms with Crippen LogP contribution in [0.3, 0.4) is 0 Å². The van der Waals surface area contributed by atoms with Crippen molar-refractivity contribution in [3.05, 3.63) is 46.6 Å². The van der Waals surface area contributed by atoms with Gasteiger partial charge in [-0.25, -0.2) is 13.1 Å². The molecule has 0 fully saturated rings. The molecule has 1 aromatic heterocycles. The van der Waals surface area contributed by atoms with Crippen LogP contribution in [0, 0.1) is 0 Å². The first-order valence-electron chi connectivity index (χ1n) is 5.26. The van der Waals surface area contributed by atoms with E-state index in [0.29, 0.717) is 0 Å². The number of nitrogens with zero attached hydrogens (tertiary/aromatic N) is 1. The maximum atomic E-state index is 12.0. The van der Waals surface area contributed by atoms with Gasteiger partial charge in [-0.3, -0.25) is 5.10 Å². The molecule has 0 unspecified atom stereocenters. The standard InChI is InChI=1S/C11H12BrN3O2S/c1-8(9-2-4-10(12)5-3-9)15-18(16,17)11-6-7-13-14-11/h2-8,15H,1H3,(H,13,14)/t8-/m1/s1. The van der Waals surface area contributed by atoms with Crippen LogP contribution in [0.1, 0.15) is 18.5 Å². The van der Waals surface area contributed by atoms with Crippen molar-refractivity contribution in [2.45, 2.75) is 18.0 Å². The molecule has 2 N–H and O–H groups in total. The lowest BCUT2D eigenvalue weighted by Gasteiger charge is -2.13. The van der Waals surface area contributed by atoms with E-state index in [1.54, 1.807) is 6.92 Å². The van der Waals surface area contributed by atoms with E-state index in [9.17, 15) is 8.42 Å². The zero-order valence-electron chi connectivity index (χ0n) is 9.59. The second kappa shape index (κ2) is 5.21. The van der Waals surface area contributed by atoms with Crippen LogP contribution in [0.5, 0.6) is 0 Å². The molecule has 0 amide bonds. The molecule has 0 aliphatic heterocycles. The monoisotopic (exact) mass is 329 g/mol. The van der Waals surface area contributed by atoms with E-state index in [1.807, 2.05) is 24.3 Å². The molecular formula is C11H12BrN3O2S. The smallest absolute Gasteiger partial charge is 0.258 e. The molecule has 0 radical (unpaired) electrons. The average Bonchev–Trinajstić information content (AvgIpc) is 2.83. The zero-order chi connectivity index (χ0) is 13.2. The van der Waals surface area contributed by atoms with Gasteiger partial charge in [0.2, 0.25) is 0 Å². The molecule has 1 heterocycles. The summed E-state index contributed by atoms with van der Waals surface area (Å²) in [5, 5.41) is 6.13. The highest BCUT2D eigenvalue weighted by atomic mass is 79.9. The fraction of sp³-hybridized carbons (Fsp3) is 0.182. The Bertz CT molecular complexity index is 608. The largest absolute Gasteiger partial charge is 0.266 e. The normalized spacial score (nSPS) is 13.4. The third-order valence-corrected chi connectivity index (χ3v) is 4.47. The molecule has 0 saturated heterocycles. The van der Waals surface area contributed by atoms with Crippen LogP contribution in [-0.4, -0.2) is 18.6 Å². The van der Waals surface area contributed by atoms with Crippen LogP contribution in [0.15, 0.2) is 46.0 Å². The van der Waals surface area contributed by atoms with Gasteiger partial charge in [-0.2, -0.15) is 5.10 Å². The molecule has 1 atom stereocenters. The molecule has 0 bridgehead atoms. The summed E-state index contributed by atoms with van der Waals surface area (Å²) in [6.07, 6.45) is 1.40. The van der Waals surface area contributed by atoms with Gasteiger partial charge in [0.1, 0.15) is 0 Å². The maximum Gasteiger partial charge on any atom is 0.258 e.